The highest BCUT2D eigenvalue weighted by molar-refractivity contribution is 7.89. The van der Waals surface area contributed by atoms with Crippen LogP contribution in [0, 0.1) is 0 Å². The second kappa shape index (κ2) is 9.62. The Labute approximate surface area is 200 Å². The Morgan fingerprint density at radius 2 is 1.85 bits per heavy atom. The summed E-state index contributed by atoms with van der Waals surface area (Å²) in [6.07, 6.45) is 2.22. The molecule has 0 saturated carbocycles. The Hall–Kier alpha value is -2.13. The van der Waals surface area contributed by atoms with Crippen molar-refractivity contribution in [2.45, 2.75) is 49.6 Å². The van der Waals surface area contributed by atoms with Crippen molar-refractivity contribution in [2.24, 2.45) is 0 Å². The number of ether oxygens (including phenoxy) is 2. The highest BCUT2D eigenvalue weighted by Crippen LogP contribution is 2.42. The minimum absolute atomic E-state index is 0.0443. The molecule has 1 fully saturated rings. The molecular formula is C24H29ClN2O5S. The fourth-order valence-electron chi connectivity index (χ4n) is 4.44. The molecule has 1 amide bonds. The highest BCUT2D eigenvalue weighted by Gasteiger charge is 2.39. The number of carbonyl (C=O) groups excluding carboxylic acids is 1. The van der Waals surface area contributed by atoms with Crippen molar-refractivity contribution in [3.8, 4) is 5.75 Å². The molecule has 1 unspecified atom stereocenters. The van der Waals surface area contributed by atoms with Crippen LogP contribution in [-0.4, -0.2) is 50.5 Å². The van der Waals surface area contributed by atoms with Gasteiger partial charge in [-0.15, -0.1) is 0 Å². The lowest BCUT2D eigenvalue weighted by molar-refractivity contribution is 0.0227. The van der Waals surface area contributed by atoms with Crippen LogP contribution in [0.3, 0.4) is 0 Å². The first kappa shape index (κ1) is 24.0. The monoisotopic (exact) mass is 492 g/mol. The number of para-hydroxylation sites is 1. The minimum atomic E-state index is -3.75. The lowest BCUT2D eigenvalue weighted by Crippen LogP contribution is -2.44. The van der Waals surface area contributed by atoms with E-state index >= 15 is 0 Å². The molecule has 0 spiro atoms. The second-order valence-corrected chi connectivity index (χ2v) is 10.8. The van der Waals surface area contributed by atoms with Crippen molar-refractivity contribution in [1.82, 2.24) is 9.62 Å². The quantitative estimate of drug-likeness (QED) is 0.654. The summed E-state index contributed by atoms with van der Waals surface area (Å²) in [5, 5.41) is 3.28. The zero-order valence-electron chi connectivity index (χ0n) is 18.8. The zero-order chi connectivity index (χ0) is 23.6. The summed E-state index contributed by atoms with van der Waals surface area (Å²) in [6.45, 7) is 5.41. The maximum Gasteiger partial charge on any atom is 0.253 e. The Kier molecular flexibility index (Phi) is 7.00. The molecule has 2 aliphatic rings. The number of hydrogen-bond acceptors (Lipinski definition) is 5. The lowest BCUT2D eigenvalue weighted by atomic mass is 9.83. The number of nitrogens with zero attached hydrogens (tertiary/aromatic N) is 1. The average Bonchev–Trinajstić information content (AvgIpc) is 2.84. The number of fused-ring (bicyclic) bond motifs is 1. The Balaban J connectivity index is 1.63. The van der Waals surface area contributed by atoms with E-state index in [0.29, 0.717) is 19.6 Å². The van der Waals surface area contributed by atoms with Gasteiger partial charge < -0.3 is 14.8 Å². The zero-order valence-corrected chi connectivity index (χ0v) is 20.4. The van der Waals surface area contributed by atoms with Gasteiger partial charge in [0.25, 0.3) is 5.91 Å². The van der Waals surface area contributed by atoms with Crippen LogP contribution >= 0.6 is 11.6 Å². The van der Waals surface area contributed by atoms with Gasteiger partial charge in [-0.05, 0) is 37.1 Å². The van der Waals surface area contributed by atoms with Crippen LogP contribution in [0.1, 0.15) is 55.1 Å². The van der Waals surface area contributed by atoms with Crippen molar-refractivity contribution in [3.05, 3.63) is 58.6 Å². The van der Waals surface area contributed by atoms with E-state index in [0.717, 1.165) is 24.2 Å². The molecule has 2 aromatic carbocycles. The van der Waals surface area contributed by atoms with Gasteiger partial charge in [0.05, 0.1) is 34.7 Å². The van der Waals surface area contributed by atoms with E-state index in [2.05, 4.69) is 19.2 Å². The minimum Gasteiger partial charge on any atom is -0.487 e. The summed E-state index contributed by atoms with van der Waals surface area (Å²) >= 11 is 6.34. The van der Waals surface area contributed by atoms with E-state index in [1.807, 2.05) is 24.3 Å². The van der Waals surface area contributed by atoms with Crippen molar-refractivity contribution >= 4 is 27.5 Å². The van der Waals surface area contributed by atoms with Gasteiger partial charge in [-0.1, -0.05) is 43.6 Å². The molecule has 0 aliphatic carbocycles. The molecule has 0 radical (unpaired) electrons. The Morgan fingerprint density at radius 1 is 1.15 bits per heavy atom. The number of sulfonamides is 1. The maximum absolute atomic E-state index is 13.3. The number of rotatable bonds is 6. The molecule has 1 saturated heterocycles. The molecular weight excluding hydrogens is 464 g/mol. The lowest BCUT2D eigenvalue weighted by Gasteiger charge is -2.41. The van der Waals surface area contributed by atoms with Crippen LogP contribution in [0.4, 0.5) is 0 Å². The molecule has 178 valence electrons. The normalized spacial score (nSPS) is 20.5. The van der Waals surface area contributed by atoms with Gasteiger partial charge in [-0.3, -0.25) is 4.79 Å². The van der Waals surface area contributed by atoms with Crippen LogP contribution in [0.15, 0.2) is 47.4 Å². The summed E-state index contributed by atoms with van der Waals surface area (Å²) in [4.78, 5) is 13.4. The topological polar surface area (TPSA) is 84.9 Å². The average molecular weight is 493 g/mol. The predicted molar refractivity (Wildman–Crippen MR) is 126 cm³/mol. The van der Waals surface area contributed by atoms with Crippen LogP contribution < -0.4 is 10.1 Å². The third kappa shape index (κ3) is 4.75. The Bertz CT molecular complexity index is 1130. The molecule has 1 atom stereocenters. The molecule has 4 rings (SSSR count). The van der Waals surface area contributed by atoms with Gasteiger partial charge in [0, 0.05) is 25.1 Å². The largest absolute Gasteiger partial charge is 0.487 e. The van der Waals surface area contributed by atoms with Gasteiger partial charge in [-0.25, -0.2) is 8.42 Å². The third-order valence-electron chi connectivity index (χ3n) is 6.58. The van der Waals surface area contributed by atoms with E-state index in [1.165, 1.54) is 22.5 Å². The fourth-order valence-corrected chi connectivity index (χ4v) is 6.08. The summed E-state index contributed by atoms with van der Waals surface area (Å²) < 4.78 is 39.1. The number of morpholine rings is 1. The molecule has 2 aromatic rings. The molecule has 7 nitrogen and oxygen atoms in total. The third-order valence-corrected chi connectivity index (χ3v) is 8.81. The second-order valence-electron chi connectivity index (χ2n) is 8.42. The van der Waals surface area contributed by atoms with Gasteiger partial charge in [-0.2, -0.15) is 4.31 Å². The molecule has 2 aliphatic heterocycles. The number of hydrogen-bond donors (Lipinski definition) is 1. The molecule has 1 N–H and O–H groups in total. The first-order valence-corrected chi connectivity index (χ1v) is 13.1. The SMILES string of the molecule is CCC1(CC)CC(NC(=O)c2cc(S(=O)(=O)N3CCOCC3)ccc2Cl)c2ccccc2O1. The van der Waals surface area contributed by atoms with E-state index in [-0.39, 0.29) is 40.2 Å². The van der Waals surface area contributed by atoms with Crippen molar-refractivity contribution in [2.75, 3.05) is 26.3 Å². The first-order chi connectivity index (χ1) is 15.8. The van der Waals surface area contributed by atoms with Crippen LogP contribution in [0.2, 0.25) is 5.02 Å². The first-order valence-electron chi connectivity index (χ1n) is 11.3. The van der Waals surface area contributed by atoms with E-state index in [9.17, 15) is 13.2 Å². The summed E-state index contributed by atoms with van der Waals surface area (Å²) in [5.74, 6) is 0.342. The molecule has 0 aromatic heterocycles. The summed E-state index contributed by atoms with van der Waals surface area (Å²) in [7, 11) is -3.75. The standard InChI is InChI=1S/C24H29ClN2O5S/c1-3-24(4-2)16-21(18-7-5-6-8-22(18)32-24)26-23(28)19-15-17(9-10-20(19)25)33(29,30)27-11-13-31-14-12-27/h5-10,15,21H,3-4,11-14,16H2,1-2H3,(H,26,28). The van der Waals surface area contributed by atoms with Gasteiger partial charge >= 0.3 is 0 Å². The van der Waals surface area contributed by atoms with Gasteiger partial charge in [0.15, 0.2) is 0 Å². The van der Waals surface area contributed by atoms with Crippen molar-refractivity contribution < 1.29 is 22.7 Å². The van der Waals surface area contributed by atoms with Gasteiger partial charge in [0.1, 0.15) is 11.4 Å². The number of amides is 1. The molecule has 0 bridgehead atoms. The van der Waals surface area contributed by atoms with Crippen LogP contribution in [0.25, 0.3) is 0 Å². The highest BCUT2D eigenvalue weighted by atomic mass is 35.5. The van der Waals surface area contributed by atoms with Crippen LogP contribution in [-0.2, 0) is 14.8 Å². The summed E-state index contributed by atoms with van der Waals surface area (Å²) in [5.41, 5.74) is 0.655. The number of carbonyl (C=O) groups is 1. The van der Waals surface area contributed by atoms with E-state index < -0.39 is 15.9 Å². The number of nitrogens with one attached hydrogen (secondary N) is 1. The van der Waals surface area contributed by atoms with Crippen molar-refractivity contribution in [1.29, 1.82) is 0 Å². The van der Waals surface area contributed by atoms with Crippen molar-refractivity contribution in [3.63, 3.8) is 0 Å². The fraction of sp³-hybridized carbons (Fsp3) is 0.458. The summed E-state index contributed by atoms with van der Waals surface area (Å²) in [6, 6.07) is 11.7. The van der Waals surface area contributed by atoms with Gasteiger partial charge in [0.2, 0.25) is 10.0 Å². The van der Waals surface area contributed by atoms with Crippen LogP contribution in [0.5, 0.6) is 5.75 Å². The molecule has 33 heavy (non-hydrogen) atoms. The van der Waals surface area contributed by atoms with E-state index in [1.54, 1.807) is 0 Å². The smallest absolute Gasteiger partial charge is 0.253 e. The number of benzene rings is 2. The molecule has 2 heterocycles. The number of halogens is 1. The van der Waals surface area contributed by atoms with E-state index in [4.69, 9.17) is 21.1 Å². The maximum atomic E-state index is 13.3. The Morgan fingerprint density at radius 3 is 2.55 bits per heavy atom. The molecule has 9 heteroatoms. The predicted octanol–water partition coefficient (Wildman–Crippen LogP) is 4.17.